The number of carbonyl (C=O) groups excluding carboxylic acids is 1. The Bertz CT molecular complexity index is 832. The lowest BCUT2D eigenvalue weighted by atomic mass is 10.1. The van der Waals surface area contributed by atoms with E-state index in [0.717, 1.165) is 5.56 Å². The number of nitrogens with one attached hydrogen (secondary N) is 2. The molecule has 0 spiro atoms. The molecule has 7 heteroatoms. The molecule has 128 valence electrons. The van der Waals surface area contributed by atoms with Crippen molar-refractivity contribution in [3.05, 3.63) is 60.9 Å². The molecular weight excluding hydrogens is 318 g/mol. The zero-order chi connectivity index (χ0) is 17.5. The number of anilines is 2. The average Bonchev–Trinajstić information content (AvgIpc) is 3.08. The van der Waals surface area contributed by atoms with Gasteiger partial charge in [0, 0.05) is 31.1 Å². The Morgan fingerprint density at radius 2 is 1.96 bits per heavy atom. The van der Waals surface area contributed by atoms with E-state index in [2.05, 4.69) is 20.7 Å². The Labute approximate surface area is 145 Å². The van der Waals surface area contributed by atoms with Gasteiger partial charge in [-0.25, -0.2) is 4.79 Å². The maximum Gasteiger partial charge on any atom is 0.324 e. The van der Waals surface area contributed by atoms with Crippen molar-refractivity contribution in [3.63, 3.8) is 0 Å². The number of amides is 2. The predicted molar refractivity (Wildman–Crippen MR) is 96.4 cm³/mol. The summed E-state index contributed by atoms with van der Waals surface area (Å²) in [5.74, 6) is 0.471. The number of ether oxygens (including phenoxy) is 1. The molecule has 25 heavy (non-hydrogen) atoms. The van der Waals surface area contributed by atoms with Crippen molar-refractivity contribution in [3.8, 4) is 11.3 Å². The van der Waals surface area contributed by atoms with Crippen LogP contribution >= 0.6 is 0 Å². The van der Waals surface area contributed by atoms with E-state index in [1.54, 1.807) is 36.3 Å². The van der Waals surface area contributed by atoms with Crippen LogP contribution in [0.2, 0.25) is 0 Å². The summed E-state index contributed by atoms with van der Waals surface area (Å²) in [6.07, 6.45) is 3.48. The van der Waals surface area contributed by atoms with Crippen molar-refractivity contribution < 1.29 is 9.53 Å². The monoisotopic (exact) mass is 337 g/mol. The van der Waals surface area contributed by atoms with E-state index in [1.807, 2.05) is 36.4 Å². The second kappa shape index (κ2) is 8.07. The molecule has 0 aliphatic rings. The molecule has 7 nitrogen and oxygen atoms in total. The first-order chi connectivity index (χ1) is 12.3. The van der Waals surface area contributed by atoms with Gasteiger partial charge in [0.2, 0.25) is 0 Å². The molecule has 0 atom stereocenters. The third-order valence-electron chi connectivity index (χ3n) is 3.51. The number of nitrogens with zero attached hydrogens (tertiary/aromatic N) is 3. The second-order valence-electron chi connectivity index (χ2n) is 5.30. The van der Waals surface area contributed by atoms with Crippen molar-refractivity contribution in [2.45, 2.75) is 6.54 Å². The first-order valence-corrected chi connectivity index (χ1v) is 7.87. The minimum absolute atomic E-state index is 0.373. The highest BCUT2D eigenvalue weighted by Gasteiger charge is 2.10. The Kier molecular flexibility index (Phi) is 5.38. The van der Waals surface area contributed by atoms with Gasteiger partial charge >= 0.3 is 6.03 Å². The van der Waals surface area contributed by atoms with Crippen LogP contribution in [-0.2, 0) is 11.3 Å². The predicted octanol–water partition coefficient (Wildman–Crippen LogP) is 3.24. The van der Waals surface area contributed by atoms with Crippen molar-refractivity contribution in [1.82, 2.24) is 14.8 Å². The van der Waals surface area contributed by atoms with Crippen molar-refractivity contribution in [2.75, 3.05) is 24.4 Å². The molecule has 3 aromatic rings. The van der Waals surface area contributed by atoms with E-state index in [0.29, 0.717) is 30.4 Å². The van der Waals surface area contributed by atoms with Crippen LogP contribution in [-0.4, -0.2) is 34.5 Å². The summed E-state index contributed by atoms with van der Waals surface area (Å²) in [7, 11) is 1.63. The summed E-state index contributed by atoms with van der Waals surface area (Å²) in [4.78, 5) is 16.6. The first-order valence-electron chi connectivity index (χ1n) is 7.87. The number of methoxy groups -OCH3 is 1. The molecule has 0 aliphatic heterocycles. The van der Waals surface area contributed by atoms with Gasteiger partial charge < -0.3 is 10.1 Å². The van der Waals surface area contributed by atoms with Crippen LogP contribution in [0.1, 0.15) is 0 Å². The van der Waals surface area contributed by atoms with Gasteiger partial charge in [-0.15, -0.1) is 0 Å². The summed E-state index contributed by atoms with van der Waals surface area (Å²) in [6.45, 7) is 1.18. The minimum Gasteiger partial charge on any atom is -0.383 e. The molecule has 0 radical (unpaired) electrons. The molecule has 1 aromatic carbocycles. The standard InChI is InChI=1S/C18H19N5O2/c1-25-13-12-23-11-9-16(22-23)21-18(24)20-15-8-5-10-19-17(15)14-6-3-2-4-7-14/h2-11H,12-13H2,1H3,(H2,20,21,22,24). The number of benzene rings is 1. The molecule has 0 unspecified atom stereocenters. The molecule has 0 saturated heterocycles. The molecule has 0 saturated carbocycles. The maximum atomic E-state index is 12.3. The summed E-state index contributed by atoms with van der Waals surface area (Å²) in [6, 6.07) is 14.6. The molecule has 0 bridgehead atoms. The number of carbonyl (C=O) groups is 1. The Balaban J connectivity index is 1.68. The second-order valence-corrected chi connectivity index (χ2v) is 5.30. The molecular formula is C18H19N5O2. The summed E-state index contributed by atoms with van der Waals surface area (Å²) < 4.78 is 6.71. The van der Waals surface area contributed by atoms with Gasteiger partial charge in [0.05, 0.1) is 24.5 Å². The molecule has 2 heterocycles. The summed E-state index contributed by atoms with van der Waals surface area (Å²) in [5, 5.41) is 9.80. The van der Waals surface area contributed by atoms with Gasteiger partial charge in [-0.3, -0.25) is 15.0 Å². The van der Waals surface area contributed by atoms with Gasteiger partial charge in [-0.05, 0) is 12.1 Å². The quantitative estimate of drug-likeness (QED) is 0.723. The SMILES string of the molecule is COCCn1ccc(NC(=O)Nc2cccnc2-c2ccccc2)n1. The fourth-order valence-electron chi connectivity index (χ4n) is 2.34. The van der Waals surface area contributed by atoms with E-state index in [-0.39, 0.29) is 6.03 Å². The fourth-order valence-corrected chi connectivity index (χ4v) is 2.34. The zero-order valence-corrected chi connectivity index (χ0v) is 13.8. The van der Waals surface area contributed by atoms with E-state index in [1.165, 1.54) is 0 Å². The van der Waals surface area contributed by atoms with E-state index in [9.17, 15) is 4.79 Å². The largest absolute Gasteiger partial charge is 0.383 e. The lowest BCUT2D eigenvalue weighted by Gasteiger charge is -2.10. The van der Waals surface area contributed by atoms with E-state index < -0.39 is 0 Å². The van der Waals surface area contributed by atoms with Crippen LogP contribution < -0.4 is 10.6 Å². The number of urea groups is 1. The third-order valence-corrected chi connectivity index (χ3v) is 3.51. The van der Waals surface area contributed by atoms with Crippen molar-refractivity contribution >= 4 is 17.5 Å². The number of aromatic nitrogens is 3. The molecule has 0 fully saturated rings. The van der Waals surface area contributed by atoms with Crippen LogP contribution in [0.4, 0.5) is 16.3 Å². The molecule has 2 N–H and O–H groups in total. The van der Waals surface area contributed by atoms with Gasteiger partial charge in [0.15, 0.2) is 5.82 Å². The van der Waals surface area contributed by atoms with Gasteiger partial charge in [-0.1, -0.05) is 30.3 Å². The Morgan fingerprint density at radius 3 is 2.76 bits per heavy atom. The van der Waals surface area contributed by atoms with Gasteiger partial charge in [0.25, 0.3) is 0 Å². The summed E-state index contributed by atoms with van der Waals surface area (Å²) in [5.41, 5.74) is 2.27. The first kappa shape index (κ1) is 16.7. The van der Waals surface area contributed by atoms with Crippen LogP contribution in [0.25, 0.3) is 11.3 Å². The van der Waals surface area contributed by atoms with Crippen LogP contribution in [0.3, 0.4) is 0 Å². The normalized spacial score (nSPS) is 10.4. The average molecular weight is 337 g/mol. The number of hydrogen-bond donors (Lipinski definition) is 2. The topological polar surface area (TPSA) is 81.1 Å². The fraction of sp³-hybridized carbons (Fsp3) is 0.167. The lowest BCUT2D eigenvalue weighted by molar-refractivity contribution is 0.183. The van der Waals surface area contributed by atoms with Crippen molar-refractivity contribution in [1.29, 1.82) is 0 Å². The number of hydrogen-bond acceptors (Lipinski definition) is 4. The molecule has 2 aromatic heterocycles. The minimum atomic E-state index is -0.373. The Hall–Kier alpha value is -3.19. The van der Waals surface area contributed by atoms with Crippen LogP contribution in [0.5, 0.6) is 0 Å². The van der Waals surface area contributed by atoms with Gasteiger partial charge in [0.1, 0.15) is 0 Å². The highest BCUT2D eigenvalue weighted by Crippen LogP contribution is 2.25. The van der Waals surface area contributed by atoms with E-state index >= 15 is 0 Å². The zero-order valence-electron chi connectivity index (χ0n) is 13.8. The number of rotatable bonds is 6. The smallest absolute Gasteiger partial charge is 0.324 e. The number of pyridine rings is 1. The van der Waals surface area contributed by atoms with E-state index in [4.69, 9.17) is 4.74 Å². The third kappa shape index (κ3) is 4.42. The Morgan fingerprint density at radius 1 is 1.12 bits per heavy atom. The lowest BCUT2D eigenvalue weighted by Crippen LogP contribution is -2.20. The summed E-state index contributed by atoms with van der Waals surface area (Å²) >= 11 is 0. The highest BCUT2D eigenvalue weighted by molar-refractivity contribution is 6.01. The molecule has 0 aliphatic carbocycles. The van der Waals surface area contributed by atoms with Crippen LogP contribution in [0.15, 0.2) is 60.9 Å². The van der Waals surface area contributed by atoms with Crippen LogP contribution in [0, 0.1) is 0 Å². The van der Waals surface area contributed by atoms with Crippen molar-refractivity contribution in [2.24, 2.45) is 0 Å². The maximum absolute atomic E-state index is 12.3. The molecule has 3 rings (SSSR count). The highest BCUT2D eigenvalue weighted by atomic mass is 16.5. The van der Waals surface area contributed by atoms with Gasteiger partial charge in [-0.2, -0.15) is 5.10 Å². The molecule has 2 amide bonds.